The maximum Gasteiger partial charge on any atom is 0.416 e. The van der Waals surface area contributed by atoms with Gasteiger partial charge in [-0.2, -0.15) is 13.2 Å². The van der Waals surface area contributed by atoms with Gasteiger partial charge >= 0.3 is 11.9 Å². The van der Waals surface area contributed by atoms with Gasteiger partial charge in [0.1, 0.15) is 11.5 Å². The summed E-state index contributed by atoms with van der Waals surface area (Å²) in [6.45, 7) is 2.28. The zero-order valence-electron chi connectivity index (χ0n) is 17.7. The number of aromatic nitrogens is 2. The normalized spacial score (nSPS) is 11.3. The number of hydrogen-bond donors (Lipinski definition) is 1. The Morgan fingerprint density at radius 3 is 2.22 bits per heavy atom. The summed E-state index contributed by atoms with van der Waals surface area (Å²) in [5.74, 6) is 1.19. The summed E-state index contributed by atoms with van der Waals surface area (Å²) in [5.41, 5.74) is -1.55. The van der Waals surface area contributed by atoms with Crippen LogP contribution in [0.1, 0.15) is 18.2 Å². The largest absolute Gasteiger partial charge is 0.494 e. The Bertz CT molecular complexity index is 1220. The lowest BCUT2D eigenvalue weighted by Crippen LogP contribution is -2.38. The zero-order valence-corrected chi connectivity index (χ0v) is 17.7. The summed E-state index contributed by atoms with van der Waals surface area (Å²) in [4.78, 5) is 24.0. The molecular weight excluding hydrogens is 427 g/mol. The quantitative estimate of drug-likeness (QED) is 0.592. The van der Waals surface area contributed by atoms with Crippen LogP contribution in [-0.2, 0) is 26.8 Å². The van der Waals surface area contributed by atoms with E-state index in [1.54, 1.807) is 24.3 Å². The van der Waals surface area contributed by atoms with Gasteiger partial charge in [-0.15, -0.1) is 0 Å². The second-order valence-electron chi connectivity index (χ2n) is 6.94. The standard InChI is InChI=1S/C22H22F3N3O4/c1-4-31-16-6-8-17(9-7-16)32-19-10-5-14(22(23,24)25)11-18(19)26-13-15-12-20(29)28(3)21(30)27(15)2/h5-12,26H,4,13H2,1-3H3. The molecule has 0 spiro atoms. The number of anilines is 1. The highest BCUT2D eigenvalue weighted by molar-refractivity contribution is 5.60. The molecule has 0 aliphatic carbocycles. The summed E-state index contributed by atoms with van der Waals surface area (Å²) >= 11 is 0. The monoisotopic (exact) mass is 449 g/mol. The Hall–Kier alpha value is -3.69. The van der Waals surface area contributed by atoms with Gasteiger partial charge < -0.3 is 14.8 Å². The predicted molar refractivity (Wildman–Crippen MR) is 113 cm³/mol. The maximum atomic E-state index is 13.2. The highest BCUT2D eigenvalue weighted by Crippen LogP contribution is 2.37. The molecule has 2 aromatic carbocycles. The molecule has 0 saturated carbocycles. The smallest absolute Gasteiger partial charge is 0.416 e. The van der Waals surface area contributed by atoms with E-state index in [9.17, 15) is 22.8 Å². The predicted octanol–water partition coefficient (Wildman–Crippen LogP) is 3.91. The topological polar surface area (TPSA) is 74.5 Å². The number of halogens is 3. The minimum atomic E-state index is -4.55. The Labute approximate surface area is 181 Å². The fraction of sp³-hybridized carbons (Fsp3) is 0.273. The van der Waals surface area contributed by atoms with Crippen molar-refractivity contribution in [2.45, 2.75) is 19.6 Å². The Kier molecular flexibility index (Phi) is 6.61. The Morgan fingerprint density at radius 1 is 0.938 bits per heavy atom. The molecule has 7 nitrogen and oxygen atoms in total. The van der Waals surface area contributed by atoms with Crippen molar-refractivity contribution in [2.75, 3.05) is 11.9 Å². The number of rotatable bonds is 7. The Morgan fingerprint density at radius 2 is 1.59 bits per heavy atom. The van der Waals surface area contributed by atoms with Gasteiger partial charge in [0, 0.05) is 25.9 Å². The molecule has 0 unspecified atom stereocenters. The zero-order chi connectivity index (χ0) is 23.5. The molecule has 1 N–H and O–H groups in total. The van der Waals surface area contributed by atoms with Gasteiger partial charge in [-0.05, 0) is 49.4 Å². The molecule has 3 rings (SSSR count). The van der Waals surface area contributed by atoms with Crippen molar-refractivity contribution >= 4 is 5.69 Å². The van der Waals surface area contributed by atoms with Gasteiger partial charge in [0.2, 0.25) is 0 Å². The van der Waals surface area contributed by atoms with Crippen LogP contribution in [0.5, 0.6) is 17.2 Å². The molecule has 1 heterocycles. The van der Waals surface area contributed by atoms with Gasteiger partial charge in [-0.25, -0.2) is 4.79 Å². The van der Waals surface area contributed by atoms with E-state index in [0.717, 1.165) is 16.7 Å². The fourth-order valence-electron chi connectivity index (χ4n) is 2.96. The van der Waals surface area contributed by atoms with E-state index in [0.29, 0.717) is 23.8 Å². The van der Waals surface area contributed by atoms with Crippen molar-refractivity contribution in [1.29, 1.82) is 0 Å². The molecule has 10 heteroatoms. The molecule has 32 heavy (non-hydrogen) atoms. The molecule has 0 radical (unpaired) electrons. The van der Waals surface area contributed by atoms with E-state index in [1.165, 1.54) is 30.8 Å². The highest BCUT2D eigenvalue weighted by Gasteiger charge is 2.31. The van der Waals surface area contributed by atoms with Gasteiger partial charge in [-0.3, -0.25) is 13.9 Å². The summed E-state index contributed by atoms with van der Waals surface area (Å²) < 4.78 is 53.1. The average molecular weight is 449 g/mol. The minimum absolute atomic E-state index is 0.0573. The molecular formula is C22H22F3N3O4. The van der Waals surface area contributed by atoms with E-state index in [-0.39, 0.29) is 18.0 Å². The van der Waals surface area contributed by atoms with Crippen molar-refractivity contribution in [3.63, 3.8) is 0 Å². The van der Waals surface area contributed by atoms with Gasteiger partial charge in [0.05, 0.1) is 24.4 Å². The van der Waals surface area contributed by atoms with Crippen LogP contribution in [0.15, 0.2) is 58.1 Å². The molecule has 0 atom stereocenters. The summed E-state index contributed by atoms with van der Waals surface area (Å²) in [5, 5.41) is 2.85. The molecule has 3 aromatic rings. The van der Waals surface area contributed by atoms with Crippen LogP contribution in [0.25, 0.3) is 0 Å². The lowest BCUT2D eigenvalue weighted by molar-refractivity contribution is -0.137. The van der Waals surface area contributed by atoms with E-state index < -0.39 is 23.0 Å². The second-order valence-corrected chi connectivity index (χ2v) is 6.94. The maximum absolute atomic E-state index is 13.2. The number of benzene rings is 2. The third-order valence-electron chi connectivity index (χ3n) is 4.75. The van der Waals surface area contributed by atoms with Crippen LogP contribution in [0.4, 0.5) is 18.9 Å². The fourth-order valence-corrected chi connectivity index (χ4v) is 2.96. The lowest BCUT2D eigenvalue weighted by atomic mass is 10.1. The summed E-state index contributed by atoms with van der Waals surface area (Å²) in [6, 6.07) is 10.9. The van der Waals surface area contributed by atoms with Crippen LogP contribution >= 0.6 is 0 Å². The van der Waals surface area contributed by atoms with Crippen molar-refractivity contribution < 1.29 is 22.6 Å². The van der Waals surface area contributed by atoms with Crippen LogP contribution in [0, 0.1) is 0 Å². The molecule has 0 saturated heterocycles. The van der Waals surface area contributed by atoms with Crippen molar-refractivity contribution in [3.8, 4) is 17.2 Å². The molecule has 170 valence electrons. The summed E-state index contributed by atoms with van der Waals surface area (Å²) in [6.07, 6.45) is -4.55. The van der Waals surface area contributed by atoms with Crippen molar-refractivity contribution in [1.82, 2.24) is 9.13 Å². The molecule has 0 aliphatic rings. The van der Waals surface area contributed by atoms with Crippen molar-refractivity contribution in [3.05, 3.63) is 80.6 Å². The number of nitrogens with one attached hydrogen (secondary N) is 1. The van der Waals surface area contributed by atoms with E-state index in [2.05, 4.69) is 5.32 Å². The second kappa shape index (κ2) is 9.21. The third kappa shape index (κ3) is 5.13. The first-order valence-electron chi connectivity index (χ1n) is 9.72. The Balaban J connectivity index is 1.92. The van der Waals surface area contributed by atoms with E-state index >= 15 is 0 Å². The molecule has 0 aliphatic heterocycles. The number of hydrogen-bond acceptors (Lipinski definition) is 5. The first-order chi connectivity index (χ1) is 15.1. The van der Waals surface area contributed by atoms with E-state index in [1.807, 2.05) is 6.92 Å². The minimum Gasteiger partial charge on any atom is -0.494 e. The van der Waals surface area contributed by atoms with Crippen LogP contribution in [0.2, 0.25) is 0 Å². The third-order valence-corrected chi connectivity index (χ3v) is 4.75. The van der Waals surface area contributed by atoms with Gasteiger partial charge in [0.15, 0.2) is 5.75 Å². The van der Waals surface area contributed by atoms with Crippen LogP contribution in [0.3, 0.4) is 0 Å². The van der Waals surface area contributed by atoms with Gasteiger partial charge in [-0.1, -0.05) is 0 Å². The van der Waals surface area contributed by atoms with E-state index in [4.69, 9.17) is 9.47 Å². The molecule has 0 fully saturated rings. The van der Waals surface area contributed by atoms with Crippen LogP contribution in [-0.4, -0.2) is 15.7 Å². The molecule has 1 aromatic heterocycles. The first-order valence-corrected chi connectivity index (χ1v) is 9.72. The molecule has 0 bridgehead atoms. The number of alkyl halides is 3. The van der Waals surface area contributed by atoms with Crippen LogP contribution < -0.4 is 26.0 Å². The lowest BCUT2D eigenvalue weighted by Gasteiger charge is -2.17. The highest BCUT2D eigenvalue weighted by atomic mass is 19.4. The number of ether oxygens (including phenoxy) is 2. The first kappa shape index (κ1) is 23.0. The average Bonchev–Trinajstić information content (AvgIpc) is 2.75. The number of nitrogens with zero attached hydrogens (tertiary/aromatic N) is 2. The summed E-state index contributed by atoms with van der Waals surface area (Å²) in [7, 11) is 2.82. The molecule has 0 amide bonds. The SMILES string of the molecule is CCOc1ccc(Oc2ccc(C(F)(F)F)cc2NCc2cc(=O)n(C)c(=O)n2C)cc1. The van der Waals surface area contributed by atoms with Gasteiger partial charge in [0.25, 0.3) is 5.56 Å². The van der Waals surface area contributed by atoms with Crippen molar-refractivity contribution in [2.24, 2.45) is 14.1 Å².